The van der Waals surface area contributed by atoms with Gasteiger partial charge in [0.15, 0.2) is 0 Å². The van der Waals surface area contributed by atoms with E-state index in [0.29, 0.717) is 23.6 Å². The molecule has 3 N–H and O–H groups in total. The number of nitriles is 1. The second-order valence-electron chi connectivity index (χ2n) is 4.39. The van der Waals surface area contributed by atoms with Crippen LogP contribution in [0, 0.1) is 18.3 Å². The Morgan fingerprint density at radius 3 is 2.90 bits per heavy atom. The average Bonchev–Trinajstić information content (AvgIpc) is 2.45. The monoisotopic (exact) mass is 268 g/mol. The first-order valence-corrected chi connectivity index (χ1v) is 6.17. The van der Waals surface area contributed by atoms with Crippen LogP contribution >= 0.6 is 0 Å². The summed E-state index contributed by atoms with van der Waals surface area (Å²) in [7, 11) is 1.61. The minimum Gasteiger partial charge on any atom is -0.496 e. The second kappa shape index (κ2) is 5.93. The molecule has 0 radical (unpaired) electrons. The average molecular weight is 268 g/mol. The molecule has 2 rings (SSSR count). The number of nitrogens with two attached hydrogens (primary N) is 1. The van der Waals surface area contributed by atoms with Gasteiger partial charge in [-0.25, -0.2) is 4.98 Å². The molecule has 1 aromatic heterocycles. The van der Waals surface area contributed by atoms with E-state index in [1.165, 1.54) is 0 Å². The smallest absolute Gasteiger partial charge is 0.144 e. The molecule has 5 nitrogen and oxygen atoms in total. The van der Waals surface area contributed by atoms with Crippen molar-refractivity contribution in [1.82, 2.24) is 4.98 Å². The third-order valence-corrected chi connectivity index (χ3v) is 3.02. The number of ether oxygens (including phenoxy) is 1. The van der Waals surface area contributed by atoms with E-state index in [9.17, 15) is 0 Å². The normalized spacial score (nSPS) is 9.85. The molecule has 2 aromatic rings. The van der Waals surface area contributed by atoms with Gasteiger partial charge >= 0.3 is 0 Å². The summed E-state index contributed by atoms with van der Waals surface area (Å²) in [6.07, 6.45) is 1.68. The summed E-state index contributed by atoms with van der Waals surface area (Å²) in [5.41, 5.74) is 8.81. The summed E-state index contributed by atoms with van der Waals surface area (Å²) in [4.78, 5) is 4.20. The molecule has 1 heterocycles. The Bertz CT molecular complexity index is 661. The van der Waals surface area contributed by atoms with Crippen molar-refractivity contribution in [1.29, 1.82) is 5.26 Å². The van der Waals surface area contributed by atoms with Gasteiger partial charge in [-0.3, -0.25) is 0 Å². The van der Waals surface area contributed by atoms with Crippen molar-refractivity contribution in [2.45, 2.75) is 13.5 Å². The maximum absolute atomic E-state index is 9.17. The first-order valence-electron chi connectivity index (χ1n) is 6.17. The van der Waals surface area contributed by atoms with Gasteiger partial charge in [-0.15, -0.1) is 0 Å². The van der Waals surface area contributed by atoms with Crippen LogP contribution in [0.15, 0.2) is 30.5 Å². The molecule has 0 spiro atoms. The largest absolute Gasteiger partial charge is 0.496 e. The van der Waals surface area contributed by atoms with Gasteiger partial charge in [0.1, 0.15) is 17.6 Å². The van der Waals surface area contributed by atoms with Crippen molar-refractivity contribution in [2.75, 3.05) is 18.2 Å². The van der Waals surface area contributed by atoms with E-state index in [2.05, 4.69) is 16.4 Å². The van der Waals surface area contributed by atoms with Crippen molar-refractivity contribution in [2.24, 2.45) is 0 Å². The number of nitrogen functional groups attached to an aromatic ring is 1. The lowest BCUT2D eigenvalue weighted by Gasteiger charge is -2.12. The zero-order valence-corrected chi connectivity index (χ0v) is 11.5. The molecule has 0 aliphatic carbocycles. The van der Waals surface area contributed by atoms with E-state index in [1.54, 1.807) is 19.4 Å². The molecule has 0 aliphatic rings. The molecule has 0 atom stereocenters. The van der Waals surface area contributed by atoms with E-state index in [0.717, 1.165) is 16.9 Å². The van der Waals surface area contributed by atoms with Gasteiger partial charge in [0.25, 0.3) is 0 Å². The number of hydrogen-bond acceptors (Lipinski definition) is 5. The number of anilines is 2. The number of pyridine rings is 1. The predicted octanol–water partition coefficient (Wildman–Crippen LogP) is 2.46. The molecule has 0 fully saturated rings. The lowest BCUT2D eigenvalue weighted by Crippen LogP contribution is -2.06. The molecule has 102 valence electrons. The number of nitrogens with zero attached hydrogens (tertiary/aromatic N) is 2. The van der Waals surface area contributed by atoms with Gasteiger partial charge < -0.3 is 15.8 Å². The van der Waals surface area contributed by atoms with Crippen LogP contribution in [0.4, 0.5) is 11.5 Å². The quantitative estimate of drug-likeness (QED) is 0.832. The Hall–Kier alpha value is -2.74. The van der Waals surface area contributed by atoms with Crippen LogP contribution in [0.3, 0.4) is 0 Å². The van der Waals surface area contributed by atoms with Gasteiger partial charge in [0.2, 0.25) is 0 Å². The molecule has 0 bridgehead atoms. The zero-order chi connectivity index (χ0) is 14.5. The van der Waals surface area contributed by atoms with E-state index < -0.39 is 0 Å². The number of rotatable bonds is 4. The molecule has 20 heavy (non-hydrogen) atoms. The van der Waals surface area contributed by atoms with Gasteiger partial charge in [-0.1, -0.05) is 0 Å². The number of nitrogens with one attached hydrogen (secondary N) is 1. The standard InChI is InChI=1S/C15H16N4O/c1-10-5-6-18-15(13(10)8-16)19-9-11-7-12(17)3-4-14(11)20-2/h3-7H,9,17H2,1-2H3,(H,18,19). The highest BCUT2D eigenvalue weighted by Gasteiger charge is 2.08. The first kappa shape index (κ1) is 13.7. The summed E-state index contributed by atoms with van der Waals surface area (Å²) in [5.74, 6) is 1.31. The number of methoxy groups -OCH3 is 1. The van der Waals surface area contributed by atoms with Gasteiger partial charge in [-0.05, 0) is 36.8 Å². The predicted molar refractivity (Wildman–Crippen MR) is 78.4 cm³/mol. The second-order valence-corrected chi connectivity index (χ2v) is 4.39. The molecule has 0 unspecified atom stereocenters. The first-order chi connectivity index (χ1) is 9.65. The molecule has 0 amide bonds. The lowest BCUT2D eigenvalue weighted by atomic mass is 10.1. The summed E-state index contributed by atoms with van der Waals surface area (Å²) >= 11 is 0. The fourth-order valence-electron chi connectivity index (χ4n) is 1.95. The SMILES string of the molecule is COc1ccc(N)cc1CNc1nccc(C)c1C#N. The van der Waals surface area contributed by atoms with E-state index >= 15 is 0 Å². The van der Waals surface area contributed by atoms with E-state index in [4.69, 9.17) is 15.7 Å². The molecule has 5 heteroatoms. The topological polar surface area (TPSA) is 84.0 Å². The summed E-state index contributed by atoms with van der Waals surface area (Å²) in [5, 5.41) is 12.3. The highest BCUT2D eigenvalue weighted by atomic mass is 16.5. The van der Waals surface area contributed by atoms with Gasteiger partial charge in [0.05, 0.1) is 12.7 Å². The van der Waals surface area contributed by atoms with E-state index in [1.807, 2.05) is 25.1 Å². The Morgan fingerprint density at radius 2 is 2.20 bits per heavy atom. The van der Waals surface area contributed by atoms with Crippen LogP contribution in [0.5, 0.6) is 5.75 Å². The van der Waals surface area contributed by atoms with Crippen LogP contribution in [0.1, 0.15) is 16.7 Å². The molecule has 0 saturated heterocycles. The molecule has 0 aliphatic heterocycles. The van der Waals surface area contributed by atoms with Crippen LogP contribution < -0.4 is 15.8 Å². The Kier molecular flexibility index (Phi) is 4.06. The Balaban J connectivity index is 2.24. The van der Waals surface area contributed by atoms with Crippen molar-refractivity contribution in [3.8, 4) is 11.8 Å². The molecule has 1 aromatic carbocycles. The Morgan fingerprint density at radius 1 is 1.40 bits per heavy atom. The molecular weight excluding hydrogens is 252 g/mol. The molecule has 0 saturated carbocycles. The maximum Gasteiger partial charge on any atom is 0.144 e. The van der Waals surface area contributed by atoms with Crippen molar-refractivity contribution in [3.05, 3.63) is 47.2 Å². The highest BCUT2D eigenvalue weighted by molar-refractivity contribution is 5.56. The number of aryl methyl sites for hydroxylation is 1. The van der Waals surface area contributed by atoms with Crippen molar-refractivity contribution < 1.29 is 4.74 Å². The van der Waals surface area contributed by atoms with Crippen LogP contribution in [-0.4, -0.2) is 12.1 Å². The maximum atomic E-state index is 9.17. The van der Waals surface area contributed by atoms with Crippen molar-refractivity contribution >= 4 is 11.5 Å². The van der Waals surface area contributed by atoms with Crippen LogP contribution in [0.2, 0.25) is 0 Å². The van der Waals surface area contributed by atoms with Crippen LogP contribution in [0.25, 0.3) is 0 Å². The third kappa shape index (κ3) is 2.81. The summed E-state index contributed by atoms with van der Waals surface area (Å²) in [6.45, 7) is 2.37. The molecular formula is C15H16N4O. The van der Waals surface area contributed by atoms with E-state index in [-0.39, 0.29) is 0 Å². The fourth-order valence-corrected chi connectivity index (χ4v) is 1.95. The fraction of sp³-hybridized carbons (Fsp3) is 0.200. The number of benzene rings is 1. The lowest BCUT2D eigenvalue weighted by molar-refractivity contribution is 0.410. The Labute approximate surface area is 118 Å². The number of hydrogen-bond donors (Lipinski definition) is 2. The minimum absolute atomic E-state index is 0.485. The highest BCUT2D eigenvalue weighted by Crippen LogP contribution is 2.23. The zero-order valence-electron chi connectivity index (χ0n) is 11.5. The third-order valence-electron chi connectivity index (χ3n) is 3.02. The number of aromatic nitrogens is 1. The van der Waals surface area contributed by atoms with Crippen molar-refractivity contribution in [3.63, 3.8) is 0 Å². The van der Waals surface area contributed by atoms with Crippen LogP contribution in [-0.2, 0) is 6.54 Å². The minimum atomic E-state index is 0.485. The summed E-state index contributed by atoms with van der Waals surface area (Å²) < 4.78 is 5.29. The summed E-state index contributed by atoms with van der Waals surface area (Å²) in [6, 6.07) is 9.42. The van der Waals surface area contributed by atoms with Gasteiger partial charge in [0, 0.05) is 24.0 Å². The van der Waals surface area contributed by atoms with Gasteiger partial charge in [-0.2, -0.15) is 5.26 Å².